The molecule has 0 spiro atoms. The Bertz CT molecular complexity index is 551. The molecule has 1 aromatic heterocycles. The molecule has 3 heteroatoms. The summed E-state index contributed by atoms with van der Waals surface area (Å²) in [6.07, 6.45) is 4.31. The summed E-state index contributed by atoms with van der Waals surface area (Å²) in [6, 6.07) is 12.8. The number of aliphatic hydroxyl groups is 1. The molecule has 1 saturated carbocycles. The van der Waals surface area contributed by atoms with Crippen LogP contribution in [0.25, 0.3) is 11.1 Å². The summed E-state index contributed by atoms with van der Waals surface area (Å²) in [5, 5.41) is 15.5. The van der Waals surface area contributed by atoms with Crippen LogP contribution in [-0.2, 0) is 6.54 Å². The van der Waals surface area contributed by atoms with Gasteiger partial charge in [-0.2, -0.15) is 0 Å². The topological polar surface area (TPSA) is 32.3 Å². The van der Waals surface area contributed by atoms with Gasteiger partial charge in [0.05, 0.1) is 6.10 Å². The van der Waals surface area contributed by atoms with Crippen LogP contribution >= 0.6 is 11.3 Å². The van der Waals surface area contributed by atoms with Crippen molar-refractivity contribution < 1.29 is 5.11 Å². The van der Waals surface area contributed by atoms with Crippen molar-refractivity contribution >= 4 is 11.3 Å². The van der Waals surface area contributed by atoms with Crippen LogP contribution in [0.5, 0.6) is 0 Å². The molecule has 1 fully saturated rings. The molecule has 1 aliphatic rings. The summed E-state index contributed by atoms with van der Waals surface area (Å²) >= 11 is 1.82. The average molecular weight is 301 g/mol. The Morgan fingerprint density at radius 2 is 2.00 bits per heavy atom. The highest BCUT2D eigenvalue weighted by molar-refractivity contribution is 7.10. The molecule has 2 N–H and O–H groups in total. The normalized spacial score (nSPS) is 22.3. The van der Waals surface area contributed by atoms with Gasteiger partial charge in [-0.15, -0.1) is 11.3 Å². The van der Waals surface area contributed by atoms with Crippen LogP contribution in [0, 0.1) is 5.92 Å². The number of hydrogen-bond donors (Lipinski definition) is 2. The van der Waals surface area contributed by atoms with Gasteiger partial charge in [0, 0.05) is 11.4 Å². The first-order valence-electron chi connectivity index (χ1n) is 7.83. The van der Waals surface area contributed by atoms with Crippen molar-refractivity contribution in [3.63, 3.8) is 0 Å². The Kier molecular flexibility index (Phi) is 5.07. The Morgan fingerprint density at radius 3 is 2.81 bits per heavy atom. The maximum Gasteiger partial charge on any atom is 0.0543 e. The lowest BCUT2D eigenvalue weighted by atomic mass is 9.87. The molecule has 2 aromatic rings. The van der Waals surface area contributed by atoms with Crippen LogP contribution in [0.3, 0.4) is 0 Å². The van der Waals surface area contributed by atoms with Gasteiger partial charge in [0.25, 0.3) is 0 Å². The predicted molar refractivity (Wildman–Crippen MR) is 89.4 cm³/mol. The van der Waals surface area contributed by atoms with Crippen LogP contribution < -0.4 is 5.32 Å². The molecule has 0 bridgehead atoms. The van der Waals surface area contributed by atoms with E-state index in [-0.39, 0.29) is 6.10 Å². The smallest absolute Gasteiger partial charge is 0.0543 e. The minimum atomic E-state index is -0.0722. The molecule has 3 rings (SSSR count). The Morgan fingerprint density at radius 1 is 1.14 bits per heavy atom. The summed E-state index contributed by atoms with van der Waals surface area (Å²) in [6.45, 7) is 1.96. The third-order valence-corrected chi connectivity index (χ3v) is 5.18. The van der Waals surface area contributed by atoms with Crippen LogP contribution in [0.1, 0.15) is 30.6 Å². The molecule has 1 heterocycles. The van der Waals surface area contributed by atoms with E-state index in [9.17, 15) is 5.11 Å². The molecule has 2 nitrogen and oxygen atoms in total. The molecular weight excluding hydrogens is 278 g/mol. The number of nitrogens with one attached hydrogen (secondary N) is 1. The first-order valence-corrected chi connectivity index (χ1v) is 8.71. The van der Waals surface area contributed by atoms with E-state index >= 15 is 0 Å². The highest BCUT2D eigenvalue weighted by Crippen LogP contribution is 2.26. The van der Waals surface area contributed by atoms with Crippen LogP contribution in [0.4, 0.5) is 0 Å². The van der Waals surface area contributed by atoms with E-state index in [1.807, 2.05) is 11.3 Å². The predicted octanol–water partition coefficient (Wildman–Crippen LogP) is 4.06. The largest absolute Gasteiger partial charge is 0.393 e. The van der Waals surface area contributed by atoms with Gasteiger partial charge in [0.1, 0.15) is 0 Å². The standard InChI is InChI=1S/C18H23NOS/c20-17-8-4-5-14(9-17)11-19-12-18-10-16(13-21-18)15-6-2-1-3-7-15/h1-3,6-7,10,13-14,17,19-20H,4-5,8-9,11-12H2. The van der Waals surface area contributed by atoms with E-state index in [1.54, 1.807) is 0 Å². The van der Waals surface area contributed by atoms with Gasteiger partial charge in [-0.3, -0.25) is 0 Å². The summed E-state index contributed by atoms with van der Waals surface area (Å²) in [5.74, 6) is 0.641. The van der Waals surface area contributed by atoms with Crippen molar-refractivity contribution in [3.05, 3.63) is 46.7 Å². The van der Waals surface area contributed by atoms with Crippen molar-refractivity contribution in [1.29, 1.82) is 0 Å². The molecule has 0 aliphatic heterocycles. The van der Waals surface area contributed by atoms with E-state index in [0.717, 1.165) is 25.9 Å². The lowest BCUT2D eigenvalue weighted by Gasteiger charge is -2.25. The van der Waals surface area contributed by atoms with Crippen molar-refractivity contribution in [1.82, 2.24) is 5.32 Å². The van der Waals surface area contributed by atoms with Gasteiger partial charge in [-0.25, -0.2) is 0 Å². The minimum absolute atomic E-state index is 0.0722. The van der Waals surface area contributed by atoms with Crippen molar-refractivity contribution in [2.75, 3.05) is 6.54 Å². The van der Waals surface area contributed by atoms with E-state index in [2.05, 4.69) is 47.1 Å². The maximum atomic E-state index is 9.70. The minimum Gasteiger partial charge on any atom is -0.393 e. The zero-order valence-corrected chi connectivity index (χ0v) is 13.1. The molecule has 0 radical (unpaired) electrons. The fraction of sp³-hybridized carbons (Fsp3) is 0.444. The first-order chi connectivity index (χ1) is 10.3. The van der Waals surface area contributed by atoms with Crippen LogP contribution in [-0.4, -0.2) is 17.8 Å². The SMILES string of the molecule is OC1CCCC(CNCc2cc(-c3ccccc3)cs2)C1. The monoisotopic (exact) mass is 301 g/mol. The van der Waals surface area contributed by atoms with Crippen molar-refractivity contribution in [3.8, 4) is 11.1 Å². The van der Waals surface area contributed by atoms with E-state index in [1.165, 1.54) is 28.8 Å². The molecule has 112 valence electrons. The zero-order valence-electron chi connectivity index (χ0n) is 12.3. The number of benzene rings is 1. The first kappa shape index (κ1) is 14.8. The number of rotatable bonds is 5. The van der Waals surface area contributed by atoms with Gasteiger partial charge in [-0.1, -0.05) is 36.8 Å². The fourth-order valence-electron chi connectivity index (χ4n) is 3.10. The second-order valence-corrected chi connectivity index (χ2v) is 6.98. The van der Waals surface area contributed by atoms with Gasteiger partial charge in [-0.05, 0) is 54.3 Å². The molecular formula is C18H23NOS. The fourth-order valence-corrected chi connectivity index (χ4v) is 3.97. The lowest BCUT2D eigenvalue weighted by Crippen LogP contribution is -2.28. The average Bonchev–Trinajstić information content (AvgIpc) is 2.97. The Balaban J connectivity index is 1.49. The molecule has 2 unspecified atom stereocenters. The number of hydrogen-bond acceptors (Lipinski definition) is 3. The van der Waals surface area contributed by atoms with Crippen LogP contribution in [0.15, 0.2) is 41.8 Å². The second kappa shape index (κ2) is 7.21. The highest BCUT2D eigenvalue weighted by atomic mass is 32.1. The summed E-state index contributed by atoms with van der Waals surface area (Å²) in [4.78, 5) is 1.38. The van der Waals surface area contributed by atoms with E-state index in [0.29, 0.717) is 5.92 Å². The molecule has 21 heavy (non-hydrogen) atoms. The quantitative estimate of drug-likeness (QED) is 0.873. The molecule has 2 atom stereocenters. The van der Waals surface area contributed by atoms with E-state index < -0.39 is 0 Å². The molecule has 0 amide bonds. The summed E-state index contributed by atoms with van der Waals surface area (Å²) in [5.41, 5.74) is 2.60. The van der Waals surface area contributed by atoms with Gasteiger partial charge in [0.15, 0.2) is 0 Å². The van der Waals surface area contributed by atoms with Crippen molar-refractivity contribution in [2.45, 2.75) is 38.3 Å². The second-order valence-electron chi connectivity index (χ2n) is 5.99. The lowest BCUT2D eigenvalue weighted by molar-refractivity contribution is 0.101. The number of thiophene rings is 1. The van der Waals surface area contributed by atoms with Gasteiger partial charge < -0.3 is 10.4 Å². The van der Waals surface area contributed by atoms with E-state index in [4.69, 9.17) is 0 Å². The van der Waals surface area contributed by atoms with Gasteiger partial charge >= 0.3 is 0 Å². The number of aliphatic hydroxyl groups excluding tert-OH is 1. The molecule has 1 aliphatic carbocycles. The van der Waals surface area contributed by atoms with Gasteiger partial charge in [0.2, 0.25) is 0 Å². The third kappa shape index (κ3) is 4.16. The molecule has 1 aromatic carbocycles. The van der Waals surface area contributed by atoms with Crippen molar-refractivity contribution in [2.24, 2.45) is 5.92 Å². The Labute approximate surface area is 130 Å². The van der Waals surface area contributed by atoms with Crippen LogP contribution in [0.2, 0.25) is 0 Å². The molecule has 0 saturated heterocycles. The third-order valence-electron chi connectivity index (χ3n) is 4.25. The summed E-state index contributed by atoms with van der Waals surface area (Å²) in [7, 11) is 0. The maximum absolute atomic E-state index is 9.70. The summed E-state index contributed by atoms with van der Waals surface area (Å²) < 4.78 is 0. The zero-order chi connectivity index (χ0) is 14.5. The highest BCUT2D eigenvalue weighted by Gasteiger charge is 2.19. The Hall–Kier alpha value is -1.16.